The molecule has 0 aliphatic rings. The number of rotatable bonds is 11. The Hall–Kier alpha value is -0.940. The van der Waals surface area contributed by atoms with Crippen LogP contribution in [0, 0.1) is 0 Å². The molecule has 18 heavy (non-hydrogen) atoms. The molecule has 0 saturated heterocycles. The molecule has 5 heteroatoms. The van der Waals surface area contributed by atoms with Crippen LogP contribution in [0.5, 0.6) is 0 Å². The standard InChI is InChI=1S/C13H25NO4/c1-11(15)12(17-2)7-8-13(16)18-10-6-4-3-5-9-14/h12H,3-10,14H2,1-2H3/p+1/t12-/m0/s1. The normalized spacial score (nSPS) is 12.2. The quantitative estimate of drug-likeness (QED) is 0.438. The zero-order chi connectivity index (χ0) is 13.8. The van der Waals surface area contributed by atoms with Gasteiger partial charge in [0.25, 0.3) is 0 Å². The Kier molecular flexibility index (Phi) is 10.6. The topological polar surface area (TPSA) is 80.2 Å². The zero-order valence-corrected chi connectivity index (χ0v) is 11.6. The van der Waals surface area contributed by atoms with E-state index in [2.05, 4.69) is 5.73 Å². The monoisotopic (exact) mass is 260 g/mol. The van der Waals surface area contributed by atoms with Crippen molar-refractivity contribution in [1.82, 2.24) is 0 Å². The van der Waals surface area contributed by atoms with Gasteiger partial charge in [-0.15, -0.1) is 0 Å². The van der Waals surface area contributed by atoms with E-state index in [9.17, 15) is 9.59 Å². The number of carbonyl (C=O) groups is 2. The number of hydrogen-bond acceptors (Lipinski definition) is 4. The van der Waals surface area contributed by atoms with E-state index in [1.54, 1.807) is 0 Å². The second kappa shape index (κ2) is 11.2. The summed E-state index contributed by atoms with van der Waals surface area (Å²) in [5, 5.41) is 0. The maximum absolute atomic E-state index is 11.4. The number of ether oxygens (including phenoxy) is 2. The molecule has 0 amide bonds. The van der Waals surface area contributed by atoms with Crippen molar-refractivity contribution >= 4 is 11.8 Å². The van der Waals surface area contributed by atoms with Gasteiger partial charge in [-0.3, -0.25) is 9.59 Å². The summed E-state index contributed by atoms with van der Waals surface area (Å²) in [6, 6.07) is 0. The predicted octanol–water partition coefficient (Wildman–Crippen LogP) is 0.716. The summed E-state index contributed by atoms with van der Waals surface area (Å²) in [4.78, 5) is 22.4. The largest absolute Gasteiger partial charge is 0.466 e. The summed E-state index contributed by atoms with van der Waals surface area (Å²) in [5.74, 6) is -0.311. The van der Waals surface area contributed by atoms with E-state index in [0.717, 1.165) is 32.2 Å². The van der Waals surface area contributed by atoms with Crippen molar-refractivity contribution in [2.24, 2.45) is 0 Å². The highest BCUT2D eigenvalue weighted by Gasteiger charge is 2.15. The number of quaternary nitrogens is 1. The second-order valence-electron chi connectivity index (χ2n) is 4.36. The molecule has 5 nitrogen and oxygen atoms in total. The zero-order valence-electron chi connectivity index (χ0n) is 11.6. The summed E-state index contributed by atoms with van der Waals surface area (Å²) in [6.07, 6.45) is 4.36. The molecule has 106 valence electrons. The molecule has 0 aromatic carbocycles. The number of methoxy groups -OCH3 is 1. The summed E-state index contributed by atoms with van der Waals surface area (Å²) in [5.41, 5.74) is 3.77. The lowest BCUT2D eigenvalue weighted by Crippen LogP contribution is -2.50. The van der Waals surface area contributed by atoms with E-state index in [1.165, 1.54) is 14.0 Å². The fraction of sp³-hybridized carbons (Fsp3) is 0.846. The fourth-order valence-corrected chi connectivity index (χ4v) is 1.63. The van der Waals surface area contributed by atoms with Crippen LogP contribution in [0.3, 0.4) is 0 Å². The molecule has 0 aromatic rings. The van der Waals surface area contributed by atoms with Crippen molar-refractivity contribution < 1.29 is 24.8 Å². The van der Waals surface area contributed by atoms with Crippen molar-refractivity contribution in [2.45, 2.75) is 51.6 Å². The average molecular weight is 260 g/mol. The molecule has 0 saturated carbocycles. The van der Waals surface area contributed by atoms with Crippen LogP contribution >= 0.6 is 0 Å². The maximum atomic E-state index is 11.4. The van der Waals surface area contributed by atoms with Gasteiger partial charge in [0, 0.05) is 13.5 Å². The highest BCUT2D eigenvalue weighted by Crippen LogP contribution is 2.05. The minimum atomic E-state index is -0.491. The number of esters is 1. The second-order valence-corrected chi connectivity index (χ2v) is 4.36. The van der Waals surface area contributed by atoms with E-state index in [-0.39, 0.29) is 18.2 Å². The molecule has 0 bridgehead atoms. The van der Waals surface area contributed by atoms with Crippen LogP contribution in [-0.2, 0) is 19.1 Å². The molecule has 0 aliphatic heterocycles. The molecule has 0 heterocycles. The number of unbranched alkanes of at least 4 members (excludes halogenated alkanes) is 3. The van der Waals surface area contributed by atoms with Crippen LogP contribution in [0.4, 0.5) is 0 Å². The molecule has 0 spiro atoms. The average Bonchev–Trinajstić information content (AvgIpc) is 2.34. The van der Waals surface area contributed by atoms with Gasteiger partial charge in [0.1, 0.15) is 6.10 Å². The molecule has 0 fully saturated rings. The van der Waals surface area contributed by atoms with Crippen LogP contribution < -0.4 is 5.73 Å². The van der Waals surface area contributed by atoms with Gasteiger partial charge in [-0.1, -0.05) is 0 Å². The lowest BCUT2D eigenvalue weighted by Gasteiger charge is -2.11. The summed E-state index contributed by atoms with van der Waals surface area (Å²) < 4.78 is 10.0. The first kappa shape index (κ1) is 17.1. The molecule has 0 aromatic heterocycles. The smallest absolute Gasteiger partial charge is 0.305 e. The van der Waals surface area contributed by atoms with Gasteiger partial charge in [0.05, 0.1) is 13.2 Å². The van der Waals surface area contributed by atoms with Crippen molar-refractivity contribution in [3.05, 3.63) is 0 Å². The van der Waals surface area contributed by atoms with E-state index in [1.807, 2.05) is 0 Å². The minimum Gasteiger partial charge on any atom is -0.466 e. The Bertz CT molecular complexity index is 243. The SMILES string of the molecule is CO[C@@H](CCC(=O)OCCCCCC[NH3+])C(C)=O. The van der Waals surface area contributed by atoms with Crippen LogP contribution in [0.2, 0.25) is 0 Å². The number of Topliss-reactive ketones (excluding diaryl/α,β-unsaturated/α-hetero) is 1. The molecule has 0 aliphatic carbocycles. The number of carbonyl (C=O) groups excluding carboxylic acids is 2. The summed E-state index contributed by atoms with van der Waals surface area (Å²) >= 11 is 0. The van der Waals surface area contributed by atoms with Crippen molar-refractivity contribution in [3.63, 3.8) is 0 Å². The van der Waals surface area contributed by atoms with Gasteiger partial charge in [-0.25, -0.2) is 0 Å². The van der Waals surface area contributed by atoms with Crippen LogP contribution in [0.25, 0.3) is 0 Å². The van der Waals surface area contributed by atoms with Crippen molar-refractivity contribution in [1.29, 1.82) is 0 Å². The third kappa shape index (κ3) is 9.13. The van der Waals surface area contributed by atoms with Gasteiger partial charge in [-0.05, 0) is 39.0 Å². The Labute approximate surface area is 109 Å². The van der Waals surface area contributed by atoms with Gasteiger partial charge >= 0.3 is 5.97 Å². The molecule has 3 N–H and O–H groups in total. The third-order valence-corrected chi connectivity index (χ3v) is 2.76. The van der Waals surface area contributed by atoms with E-state index in [4.69, 9.17) is 9.47 Å². The van der Waals surface area contributed by atoms with Crippen molar-refractivity contribution in [3.8, 4) is 0 Å². The maximum Gasteiger partial charge on any atom is 0.305 e. The van der Waals surface area contributed by atoms with E-state index in [0.29, 0.717) is 13.0 Å². The van der Waals surface area contributed by atoms with E-state index < -0.39 is 6.10 Å². The number of ketones is 1. The lowest BCUT2D eigenvalue weighted by atomic mass is 10.1. The van der Waals surface area contributed by atoms with Gasteiger partial charge in [-0.2, -0.15) is 0 Å². The van der Waals surface area contributed by atoms with Gasteiger partial charge < -0.3 is 15.2 Å². The first-order valence-electron chi connectivity index (χ1n) is 6.60. The van der Waals surface area contributed by atoms with Crippen molar-refractivity contribution in [2.75, 3.05) is 20.3 Å². The van der Waals surface area contributed by atoms with E-state index >= 15 is 0 Å². The molecular formula is C13H26NO4+. The molecule has 0 radical (unpaired) electrons. The summed E-state index contributed by atoms with van der Waals surface area (Å²) in [7, 11) is 1.47. The minimum absolute atomic E-state index is 0.0570. The molecule has 0 unspecified atom stereocenters. The Balaban J connectivity index is 3.50. The summed E-state index contributed by atoms with van der Waals surface area (Å²) in [6.45, 7) is 2.89. The fourth-order valence-electron chi connectivity index (χ4n) is 1.63. The molecule has 0 rings (SSSR count). The Morgan fingerprint density at radius 2 is 1.83 bits per heavy atom. The Morgan fingerprint density at radius 3 is 2.39 bits per heavy atom. The van der Waals surface area contributed by atoms with Gasteiger partial charge in [0.2, 0.25) is 0 Å². The van der Waals surface area contributed by atoms with Crippen LogP contribution in [0.1, 0.15) is 45.4 Å². The molecular weight excluding hydrogens is 234 g/mol. The third-order valence-electron chi connectivity index (χ3n) is 2.76. The first-order chi connectivity index (χ1) is 8.61. The first-order valence-corrected chi connectivity index (χ1v) is 6.60. The highest BCUT2D eigenvalue weighted by atomic mass is 16.5. The van der Waals surface area contributed by atoms with Crippen LogP contribution in [0.15, 0.2) is 0 Å². The number of hydrogen-bond donors (Lipinski definition) is 1. The Morgan fingerprint density at radius 1 is 1.17 bits per heavy atom. The van der Waals surface area contributed by atoms with Gasteiger partial charge in [0.15, 0.2) is 5.78 Å². The lowest BCUT2D eigenvalue weighted by molar-refractivity contribution is -0.368. The molecule has 1 atom stereocenters. The van der Waals surface area contributed by atoms with Crippen LogP contribution in [-0.4, -0.2) is 38.1 Å². The predicted molar refractivity (Wildman–Crippen MR) is 67.9 cm³/mol. The highest BCUT2D eigenvalue weighted by molar-refractivity contribution is 5.81.